The van der Waals surface area contributed by atoms with Gasteiger partial charge in [0.1, 0.15) is 10.6 Å². The molecule has 100 valence electrons. The van der Waals surface area contributed by atoms with E-state index >= 15 is 0 Å². The van der Waals surface area contributed by atoms with Crippen molar-refractivity contribution in [2.45, 2.75) is 6.54 Å². The van der Waals surface area contributed by atoms with E-state index in [-0.39, 0.29) is 5.91 Å². The Morgan fingerprint density at radius 2 is 2.26 bits per heavy atom. The number of hydrogen-bond acceptors (Lipinski definition) is 4. The third-order valence-electron chi connectivity index (χ3n) is 2.57. The maximum absolute atomic E-state index is 11.9. The molecular weight excluding hydrogens is 284 g/mol. The first kappa shape index (κ1) is 13.7. The number of anilines is 1. The van der Waals surface area contributed by atoms with E-state index < -0.39 is 0 Å². The predicted molar refractivity (Wildman–Crippen MR) is 77.9 cm³/mol. The standard InChI is InChI=1S/C13H13ClN2O2S/c1-18-11-3-2-8(6-10(11)15)7-16-13(17)12-9(14)4-5-19-12/h2-6H,7,15H2,1H3,(H,16,17). The fraction of sp³-hybridized carbons (Fsp3) is 0.154. The number of nitrogens with two attached hydrogens (primary N) is 1. The van der Waals surface area contributed by atoms with Gasteiger partial charge in [0.25, 0.3) is 5.91 Å². The Morgan fingerprint density at radius 1 is 1.47 bits per heavy atom. The summed E-state index contributed by atoms with van der Waals surface area (Å²) in [6.45, 7) is 0.390. The number of thiophene rings is 1. The van der Waals surface area contributed by atoms with Crippen LogP contribution in [0, 0.1) is 0 Å². The number of rotatable bonds is 4. The molecule has 4 nitrogen and oxygen atoms in total. The lowest BCUT2D eigenvalue weighted by atomic mass is 10.2. The number of ether oxygens (including phenoxy) is 1. The van der Waals surface area contributed by atoms with Crippen LogP contribution < -0.4 is 15.8 Å². The minimum Gasteiger partial charge on any atom is -0.495 e. The molecule has 0 saturated carbocycles. The number of carbonyl (C=O) groups excluding carboxylic acids is 1. The molecule has 0 aliphatic rings. The molecular formula is C13H13ClN2O2S. The van der Waals surface area contributed by atoms with E-state index in [1.54, 1.807) is 30.7 Å². The zero-order valence-electron chi connectivity index (χ0n) is 10.3. The molecule has 0 aliphatic carbocycles. The molecule has 0 spiro atoms. The predicted octanol–water partition coefficient (Wildman–Crippen LogP) is 2.92. The van der Waals surface area contributed by atoms with Crippen molar-refractivity contribution in [1.82, 2.24) is 5.32 Å². The van der Waals surface area contributed by atoms with Gasteiger partial charge in [0, 0.05) is 6.54 Å². The van der Waals surface area contributed by atoms with Gasteiger partial charge in [-0.25, -0.2) is 0 Å². The highest BCUT2D eigenvalue weighted by Gasteiger charge is 2.11. The molecule has 6 heteroatoms. The Morgan fingerprint density at radius 3 is 2.84 bits per heavy atom. The van der Waals surface area contributed by atoms with Gasteiger partial charge in [-0.3, -0.25) is 4.79 Å². The van der Waals surface area contributed by atoms with Gasteiger partial charge in [0.05, 0.1) is 17.8 Å². The molecule has 0 bridgehead atoms. The SMILES string of the molecule is COc1ccc(CNC(=O)c2sccc2Cl)cc1N. The van der Waals surface area contributed by atoms with Crippen LogP contribution in [0.5, 0.6) is 5.75 Å². The van der Waals surface area contributed by atoms with Gasteiger partial charge in [-0.05, 0) is 29.1 Å². The topological polar surface area (TPSA) is 64.3 Å². The van der Waals surface area contributed by atoms with E-state index in [1.807, 2.05) is 6.07 Å². The summed E-state index contributed by atoms with van der Waals surface area (Å²) in [5.74, 6) is 0.436. The maximum atomic E-state index is 11.9. The van der Waals surface area contributed by atoms with Gasteiger partial charge in [0.2, 0.25) is 0 Å². The summed E-state index contributed by atoms with van der Waals surface area (Å²) in [4.78, 5) is 12.4. The van der Waals surface area contributed by atoms with Crippen LogP contribution in [0.15, 0.2) is 29.6 Å². The fourth-order valence-electron chi connectivity index (χ4n) is 1.61. The average Bonchev–Trinajstić information content (AvgIpc) is 2.82. The zero-order chi connectivity index (χ0) is 13.8. The van der Waals surface area contributed by atoms with Gasteiger partial charge in [-0.2, -0.15) is 0 Å². The van der Waals surface area contributed by atoms with Crippen LogP contribution in [0.4, 0.5) is 5.69 Å². The monoisotopic (exact) mass is 296 g/mol. The summed E-state index contributed by atoms with van der Waals surface area (Å²) >= 11 is 7.21. The number of amides is 1. The molecule has 2 aromatic rings. The van der Waals surface area contributed by atoms with Crippen molar-refractivity contribution in [3.05, 3.63) is 45.1 Å². The molecule has 0 saturated heterocycles. The maximum Gasteiger partial charge on any atom is 0.263 e. The molecule has 1 aromatic heterocycles. The molecule has 0 aliphatic heterocycles. The quantitative estimate of drug-likeness (QED) is 0.853. The second-order valence-electron chi connectivity index (χ2n) is 3.86. The van der Waals surface area contributed by atoms with Crippen LogP contribution in [-0.4, -0.2) is 13.0 Å². The third kappa shape index (κ3) is 3.19. The molecule has 0 fully saturated rings. The molecule has 1 amide bonds. The molecule has 1 aromatic carbocycles. The van der Waals surface area contributed by atoms with Crippen LogP contribution in [0.1, 0.15) is 15.2 Å². The van der Waals surface area contributed by atoms with Crippen LogP contribution in [-0.2, 0) is 6.54 Å². The smallest absolute Gasteiger partial charge is 0.263 e. The molecule has 2 rings (SSSR count). The van der Waals surface area contributed by atoms with Crippen LogP contribution >= 0.6 is 22.9 Å². The lowest BCUT2D eigenvalue weighted by molar-refractivity contribution is 0.0955. The Bertz CT molecular complexity index is 598. The van der Waals surface area contributed by atoms with E-state index in [2.05, 4.69) is 5.32 Å². The first-order chi connectivity index (χ1) is 9.11. The lowest BCUT2D eigenvalue weighted by Crippen LogP contribution is -2.22. The Labute approximate surface area is 120 Å². The Kier molecular flexibility index (Phi) is 4.29. The van der Waals surface area contributed by atoms with Crippen LogP contribution in [0.3, 0.4) is 0 Å². The van der Waals surface area contributed by atoms with Crippen molar-refractivity contribution in [1.29, 1.82) is 0 Å². The van der Waals surface area contributed by atoms with Crippen molar-refractivity contribution in [3.8, 4) is 5.75 Å². The number of nitrogens with one attached hydrogen (secondary N) is 1. The zero-order valence-corrected chi connectivity index (χ0v) is 11.8. The summed E-state index contributed by atoms with van der Waals surface area (Å²) in [6, 6.07) is 7.10. The Hall–Kier alpha value is -1.72. The van der Waals surface area contributed by atoms with Crippen LogP contribution in [0.2, 0.25) is 5.02 Å². The van der Waals surface area contributed by atoms with E-state index in [9.17, 15) is 4.79 Å². The average molecular weight is 297 g/mol. The van der Waals surface area contributed by atoms with E-state index in [1.165, 1.54) is 11.3 Å². The first-order valence-electron chi connectivity index (χ1n) is 5.55. The number of carbonyl (C=O) groups is 1. The largest absolute Gasteiger partial charge is 0.495 e. The van der Waals surface area contributed by atoms with Gasteiger partial charge < -0.3 is 15.8 Å². The summed E-state index contributed by atoms with van der Waals surface area (Å²) in [7, 11) is 1.56. The minimum atomic E-state index is -0.186. The Balaban J connectivity index is 2.01. The molecule has 0 radical (unpaired) electrons. The molecule has 0 atom stereocenters. The highest BCUT2D eigenvalue weighted by atomic mass is 35.5. The number of methoxy groups -OCH3 is 1. The number of nitrogen functional groups attached to an aromatic ring is 1. The summed E-state index contributed by atoms with van der Waals surface area (Å²) < 4.78 is 5.07. The molecule has 1 heterocycles. The van der Waals surface area contributed by atoms with Crippen LogP contribution in [0.25, 0.3) is 0 Å². The highest BCUT2D eigenvalue weighted by molar-refractivity contribution is 7.12. The summed E-state index contributed by atoms with van der Waals surface area (Å²) in [6.07, 6.45) is 0. The van der Waals surface area contributed by atoms with E-state index in [4.69, 9.17) is 22.1 Å². The summed E-state index contributed by atoms with van der Waals surface area (Å²) in [5.41, 5.74) is 7.25. The van der Waals surface area contributed by atoms with E-state index in [0.717, 1.165) is 5.56 Å². The summed E-state index contributed by atoms with van der Waals surface area (Å²) in [5, 5.41) is 5.05. The normalized spacial score (nSPS) is 10.2. The van der Waals surface area contributed by atoms with Crippen molar-refractivity contribution in [2.24, 2.45) is 0 Å². The third-order valence-corrected chi connectivity index (χ3v) is 3.91. The van der Waals surface area contributed by atoms with Crippen molar-refractivity contribution < 1.29 is 9.53 Å². The second-order valence-corrected chi connectivity index (χ2v) is 5.18. The molecule has 19 heavy (non-hydrogen) atoms. The number of halogens is 1. The molecule has 0 unspecified atom stereocenters. The fourth-order valence-corrected chi connectivity index (χ4v) is 2.67. The first-order valence-corrected chi connectivity index (χ1v) is 6.81. The second kappa shape index (κ2) is 5.95. The van der Waals surface area contributed by atoms with Gasteiger partial charge >= 0.3 is 0 Å². The van der Waals surface area contributed by atoms with Gasteiger partial charge in [-0.1, -0.05) is 17.7 Å². The van der Waals surface area contributed by atoms with Crippen molar-refractivity contribution in [2.75, 3.05) is 12.8 Å². The molecule has 3 N–H and O–H groups in total. The van der Waals surface area contributed by atoms with Crippen molar-refractivity contribution >= 4 is 34.5 Å². The van der Waals surface area contributed by atoms with Gasteiger partial charge in [0.15, 0.2) is 0 Å². The lowest BCUT2D eigenvalue weighted by Gasteiger charge is -2.08. The number of hydrogen-bond donors (Lipinski definition) is 2. The highest BCUT2D eigenvalue weighted by Crippen LogP contribution is 2.23. The number of benzene rings is 1. The van der Waals surface area contributed by atoms with Gasteiger partial charge in [-0.15, -0.1) is 11.3 Å². The van der Waals surface area contributed by atoms with E-state index in [0.29, 0.717) is 27.9 Å². The van der Waals surface area contributed by atoms with Crippen molar-refractivity contribution in [3.63, 3.8) is 0 Å². The minimum absolute atomic E-state index is 0.186.